The van der Waals surface area contributed by atoms with Crippen molar-refractivity contribution in [1.82, 2.24) is 24.6 Å². The summed E-state index contributed by atoms with van der Waals surface area (Å²) in [5, 5.41) is 13.7. The number of amides is 1. The van der Waals surface area contributed by atoms with Crippen molar-refractivity contribution in [2.75, 3.05) is 26.2 Å². The lowest BCUT2D eigenvalue weighted by molar-refractivity contribution is 0.0621. The Bertz CT molecular complexity index is 939. The summed E-state index contributed by atoms with van der Waals surface area (Å²) in [7, 11) is 0. The summed E-state index contributed by atoms with van der Waals surface area (Å²) < 4.78 is 2.04. The smallest absolute Gasteiger partial charge is 0.274 e. The van der Waals surface area contributed by atoms with Gasteiger partial charge in [-0.3, -0.25) is 19.4 Å². The van der Waals surface area contributed by atoms with E-state index in [1.54, 1.807) is 12.4 Å². The SMILES string of the molecule is CC(C)(C)n1nc(C(=O)N2CCN(Cc3cncc(C#N)c3)CC2)cc1C1CC1. The molecule has 0 aromatic carbocycles. The summed E-state index contributed by atoms with van der Waals surface area (Å²) in [6.07, 6.45) is 5.76. The molecular formula is C22H28N6O. The lowest BCUT2D eigenvalue weighted by Gasteiger charge is -2.34. The van der Waals surface area contributed by atoms with Gasteiger partial charge in [0.15, 0.2) is 5.69 Å². The van der Waals surface area contributed by atoms with Crippen molar-refractivity contribution in [3.05, 3.63) is 47.0 Å². The molecule has 29 heavy (non-hydrogen) atoms. The Labute approximate surface area is 171 Å². The van der Waals surface area contributed by atoms with Crippen LogP contribution in [0.4, 0.5) is 0 Å². The van der Waals surface area contributed by atoms with Crippen molar-refractivity contribution < 1.29 is 4.79 Å². The maximum absolute atomic E-state index is 13.1. The van der Waals surface area contributed by atoms with Gasteiger partial charge < -0.3 is 4.90 Å². The molecule has 7 heteroatoms. The highest BCUT2D eigenvalue weighted by atomic mass is 16.2. The van der Waals surface area contributed by atoms with Crippen LogP contribution in [-0.4, -0.2) is 56.7 Å². The van der Waals surface area contributed by atoms with E-state index >= 15 is 0 Å². The second kappa shape index (κ2) is 7.60. The maximum atomic E-state index is 13.1. The number of piperazine rings is 1. The van der Waals surface area contributed by atoms with Crippen molar-refractivity contribution in [2.45, 2.75) is 51.6 Å². The van der Waals surface area contributed by atoms with E-state index in [1.165, 1.54) is 18.5 Å². The molecule has 2 fully saturated rings. The van der Waals surface area contributed by atoms with Gasteiger partial charge in [-0.05, 0) is 51.3 Å². The Morgan fingerprint density at radius 2 is 1.90 bits per heavy atom. The molecule has 2 aromatic heterocycles. The van der Waals surface area contributed by atoms with Crippen LogP contribution in [0.3, 0.4) is 0 Å². The van der Waals surface area contributed by atoms with Gasteiger partial charge in [-0.2, -0.15) is 10.4 Å². The summed E-state index contributed by atoms with van der Waals surface area (Å²) in [6.45, 7) is 10.1. The monoisotopic (exact) mass is 392 g/mol. The Balaban J connectivity index is 1.40. The highest BCUT2D eigenvalue weighted by Crippen LogP contribution is 2.41. The third kappa shape index (κ3) is 4.33. The molecule has 0 bridgehead atoms. The number of hydrogen-bond acceptors (Lipinski definition) is 5. The molecule has 1 aliphatic carbocycles. The molecule has 1 aliphatic heterocycles. The van der Waals surface area contributed by atoms with E-state index in [1.807, 2.05) is 21.7 Å². The van der Waals surface area contributed by atoms with Gasteiger partial charge in [-0.1, -0.05) is 0 Å². The second-order valence-electron chi connectivity index (χ2n) is 9.07. The number of rotatable bonds is 4. The van der Waals surface area contributed by atoms with Crippen molar-refractivity contribution in [2.24, 2.45) is 0 Å². The normalized spacial score (nSPS) is 17.9. The van der Waals surface area contributed by atoms with E-state index in [0.29, 0.717) is 30.3 Å². The van der Waals surface area contributed by atoms with E-state index in [9.17, 15) is 4.79 Å². The van der Waals surface area contributed by atoms with Crippen molar-refractivity contribution >= 4 is 5.91 Å². The van der Waals surface area contributed by atoms with Crippen molar-refractivity contribution in [3.63, 3.8) is 0 Å². The van der Waals surface area contributed by atoms with Gasteiger partial charge in [0.1, 0.15) is 6.07 Å². The molecule has 2 aromatic rings. The summed E-state index contributed by atoms with van der Waals surface area (Å²) in [6, 6.07) is 6.02. The summed E-state index contributed by atoms with van der Waals surface area (Å²) in [4.78, 5) is 21.4. The highest BCUT2D eigenvalue weighted by molar-refractivity contribution is 5.92. The Morgan fingerprint density at radius 1 is 1.17 bits per heavy atom. The van der Waals surface area contributed by atoms with E-state index in [2.05, 4.69) is 36.7 Å². The molecule has 0 unspecified atom stereocenters. The quantitative estimate of drug-likeness (QED) is 0.799. The minimum absolute atomic E-state index is 0.0303. The van der Waals surface area contributed by atoms with E-state index in [0.717, 1.165) is 25.2 Å². The van der Waals surface area contributed by atoms with Gasteiger partial charge in [0.2, 0.25) is 0 Å². The number of hydrogen-bond donors (Lipinski definition) is 0. The molecule has 1 saturated carbocycles. The number of pyridine rings is 1. The van der Waals surface area contributed by atoms with E-state index < -0.39 is 0 Å². The minimum Gasteiger partial charge on any atom is -0.335 e. The molecule has 1 saturated heterocycles. The Kier molecular flexibility index (Phi) is 5.13. The Hall–Kier alpha value is -2.72. The van der Waals surface area contributed by atoms with Crippen LogP contribution in [0.5, 0.6) is 0 Å². The maximum Gasteiger partial charge on any atom is 0.274 e. The van der Waals surface area contributed by atoms with Crippen LogP contribution in [0.15, 0.2) is 24.5 Å². The number of nitriles is 1. The third-order valence-electron chi connectivity index (χ3n) is 5.58. The van der Waals surface area contributed by atoms with Crippen LogP contribution >= 0.6 is 0 Å². The van der Waals surface area contributed by atoms with Gasteiger partial charge in [0.25, 0.3) is 5.91 Å². The largest absolute Gasteiger partial charge is 0.335 e. The van der Waals surface area contributed by atoms with Crippen LogP contribution in [-0.2, 0) is 12.1 Å². The summed E-state index contributed by atoms with van der Waals surface area (Å²) in [5.41, 5.74) is 3.26. The molecule has 0 atom stereocenters. The predicted octanol–water partition coefficient (Wildman–Crippen LogP) is 2.74. The molecule has 0 N–H and O–H groups in total. The van der Waals surface area contributed by atoms with Crippen molar-refractivity contribution in [3.8, 4) is 6.07 Å². The van der Waals surface area contributed by atoms with Gasteiger partial charge in [0.05, 0.1) is 11.1 Å². The van der Waals surface area contributed by atoms with Gasteiger partial charge in [-0.15, -0.1) is 0 Å². The average molecular weight is 393 g/mol. The first-order valence-electron chi connectivity index (χ1n) is 10.3. The zero-order valence-corrected chi connectivity index (χ0v) is 17.4. The van der Waals surface area contributed by atoms with Gasteiger partial charge in [0, 0.05) is 56.7 Å². The molecule has 0 spiro atoms. The first kappa shape index (κ1) is 19.6. The fraction of sp³-hybridized carbons (Fsp3) is 0.545. The molecule has 3 heterocycles. The van der Waals surface area contributed by atoms with E-state index in [-0.39, 0.29) is 11.4 Å². The lowest BCUT2D eigenvalue weighted by atomic mass is 10.1. The third-order valence-corrected chi connectivity index (χ3v) is 5.58. The zero-order chi connectivity index (χ0) is 20.6. The first-order chi connectivity index (χ1) is 13.8. The van der Waals surface area contributed by atoms with Gasteiger partial charge >= 0.3 is 0 Å². The molecular weight excluding hydrogens is 364 g/mol. The highest BCUT2D eigenvalue weighted by Gasteiger charge is 2.33. The standard InChI is InChI=1S/C22H28N6O/c1-22(2,3)28-20(18-4-5-18)11-19(25-28)21(29)27-8-6-26(7-9-27)15-17-10-16(12-23)13-24-14-17/h10-11,13-14,18H,4-9,15H2,1-3H3. The van der Waals surface area contributed by atoms with Crippen molar-refractivity contribution in [1.29, 1.82) is 5.26 Å². The number of aromatic nitrogens is 3. The minimum atomic E-state index is -0.124. The van der Waals surface area contributed by atoms with Gasteiger partial charge in [-0.25, -0.2) is 0 Å². The average Bonchev–Trinajstić information content (AvgIpc) is 3.45. The fourth-order valence-electron chi connectivity index (χ4n) is 3.87. The number of nitrogens with zero attached hydrogens (tertiary/aromatic N) is 6. The first-order valence-corrected chi connectivity index (χ1v) is 10.3. The summed E-state index contributed by atoms with van der Waals surface area (Å²) >= 11 is 0. The molecule has 1 amide bonds. The zero-order valence-electron chi connectivity index (χ0n) is 17.4. The molecule has 4 rings (SSSR count). The van der Waals surface area contributed by atoms with Crippen LogP contribution in [0.25, 0.3) is 0 Å². The predicted molar refractivity (Wildman–Crippen MR) is 109 cm³/mol. The molecule has 7 nitrogen and oxygen atoms in total. The van der Waals surface area contributed by atoms with Crippen LogP contribution in [0.2, 0.25) is 0 Å². The fourth-order valence-corrected chi connectivity index (χ4v) is 3.87. The topological polar surface area (TPSA) is 78.1 Å². The number of carbonyl (C=O) groups excluding carboxylic acids is 1. The lowest BCUT2D eigenvalue weighted by Crippen LogP contribution is -2.48. The molecule has 0 radical (unpaired) electrons. The Morgan fingerprint density at radius 3 is 2.52 bits per heavy atom. The van der Waals surface area contributed by atoms with Crippen LogP contribution in [0, 0.1) is 11.3 Å². The van der Waals surface area contributed by atoms with E-state index in [4.69, 9.17) is 10.4 Å². The number of carbonyl (C=O) groups is 1. The van der Waals surface area contributed by atoms with Crippen LogP contribution < -0.4 is 0 Å². The second-order valence-corrected chi connectivity index (χ2v) is 9.07. The summed E-state index contributed by atoms with van der Waals surface area (Å²) in [5.74, 6) is 0.584. The van der Waals surface area contributed by atoms with Crippen LogP contribution in [0.1, 0.15) is 66.8 Å². The molecule has 152 valence electrons. The molecule has 2 aliphatic rings.